The summed E-state index contributed by atoms with van der Waals surface area (Å²) in [6.07, 6.45) is 0.771. The van der Waals surface area contributed by atoms with Crippen LogP contribution in [-0.4, -0.2) is 43.5 Å². The molecule has 0 spiro atoms. The molecule has 0 saturated carbocycles. The van der Waals surface area contributed by atoms with Crippen molar-refractivity contribution in [3.63, 3.8) is 0 Å². The lowest BCUT2D eigenvalue weighted by atomic mass is 10.1. The maximum atomic E-state index is 12.3. The molecule has 1 aliphatic rings. The molecule has 6 nitrogen and oxygen atoms in total. The summed E-state index contributed by atoms with van der Waals surface area (Å²) in [4.78, 5) is 13.9. The molecule has 1 aromatic carbocycles. The SMILES string of the molecule is COc1ccc(-c2nnc(N(C)C(=O)[C@@H]3CCOC3)s2)cc1. The number of amides is 1. The first kappa shape index (κ1) is 14.9. The largest absolute Gasteiger partial charge is 0.497 e. The molecule has 1 amide bonds. The van der Waals surface area contributed by atoms with E-state index in [2.05, 4.69) is 10.2 Å². The maximum Gasteiger partial charge on any atom is 0.234 e. The Hall–Kier alpha value is -1.99. The van der Waals surface area contributed by atoms with Gasteiger partial charge in [0, 0.05) is 19.2 Å². The first-order valence-corrected chi connectivity index (χ1v) is 7.84. The third-order valence-corrected chi connectivity index (χ3v) is 4.70. The summed E-state index contributed by atoms with van der Waals surface area (Å²) in [5.41, 5.74) is 0.953. The van der Waals surface area contributed by atoms with Crippen LogP contribution in [0.4, 0.5) is 5.13 Å². The van der Waals surface area contributed by atoms with Crippen LogP contribution in [0.1, 0.15) is 6.42 Å². The molecule has 3 rings (SSSR count). The second kappa shape index (κ2) is 6.41. The summed E-state index contributed by atoms with van der Waals surface area (Å²) in [6, 6.07) is 7.60. The lowest BCUT2D eigenvalue weighted by Crippen LogP contribution is -2.33. The van der Waals surface area contributed by atoms with Crippen molar-refractivity contribution in [3.8, 4) is 16.3 Å². The molecule has 1 saturated heterocycles. The van der Waals surface area contributed by atoms with Gasteiger partial charge in [0.15, 0.2) is 0 Å². The number of nitrogens with zero attached hydrogens (tertiary/aromatic N) is 3. The van der Waals surface area contributed by atoms with Gasteiger partial charge < -0.3 is 9.47 Å². The molecule has 1 fully saturated rings. The number of benzene rings is 1. The van der Waals surface area contributed by atoms with Crippen molar-refractivity contribution in [2.24, 2.45) is 5.92 Å². The highest BCUT2D eigenvalue weighted by atomic mass is 32.1. The monoisotopic (exact) mass is 319 g/mol. The fourth-order valence-corrected chi connectivity index (χ4v) is 3.12. The van der Waals surface area contributed by atoms with E-state index < -0.39 is 0 Å². The molecule has 2 aromatic rings. The molecule has 0 bridgehead atoms. The van der Waals surface area contributed by atoms with Gasteiger partial charge in [0.25, 0.3) is 0 Å². The first-order chi connectivity index (χ1) is 10.7. The number of carbonyl (C=O) groups excluding carboxylic acids is 1. The highest BCUT2D eigenvalue weighted by Crippen LogP contribution is 2.30. The molecule has 2 heterocycles. The molecule has 0 aliphatic carbocycles. The van der Waals surface area contributed by atoms with Crippen LogP contribution in [0, 0.1) is 5.92 Å². The topological polar surface area (TPSA) is 64.6 Å². The molecular weight excluding hydrogens is 302 g/mol. The molecule has 1 atom stereocenters. The third-order valence-electron chi connectivity index (χ3n) is 3.65. The second-order valence-corrected chi connectivity index (χ2v) is 6.03. The number of rotatable bonds is 4. The van der Waals surface area contributed by atoms with Crippen molar-refractivity contribution < 1.29 is 14.3 Å². The van der Waals surface area contributed by atoms with Crippen LogP contribution in [0.5, 0.6) is 5.75 Å². The van der Waals surface area contributed by atoms with Gasteiger partial charge in [-0.2, -0.15) is 0 Å². The number of hydrogen-bond donors (Lipinski definition) is 0. The van der Waals surface area contributed by atoms with Gasteiger partial charge in [0.05, 0.1) is 19.6 Å². The highest BCUT2D eigenvalue weighted by molar-refractivity contribution is 7.18. The Morgan fingerprint density at radius 3 is 2.77 bits per heavy atom. The molecule has 0 N–H and O–H groups in total. The molecule has 7 heteroatoms. The minimum atomic E-state index is -0.0710. The Labute approximate surface area is 132 Å². The zero-order chi connectivity index (χ0) is 15.5. The number of methoxy groups -OCH3 is 1. The summed E-state index contributed by atoms with van der Waals surface area (Å²) in [7, 11) is 3.37. The lowest BCUT2D eigenvalue weighted by molar-refractivity contribution is -0.122. The Balaban J connectivity index is 1.75. The fourth-order valence-electron chi connectivity index (χ4n) is 2.30. The number of carbonyl (C=O) groups is 1. The predicted octanol–water partition coefficient (Wildman–Crippen LogP) is 2.21. The highest BCUT2D eigenvalue weighted by Gasteiger charge is 2.28. The van der Waals surface area contributed by atoms with E-state index in [1.54, 1.807) is 19.1 Å². The van der Waals surface area contributed by atoms with Crippen molar-refractivity contribution in [1.82, 2.24) is 10.2 Å². The molecule has 1 aliphatic heterocycles. The smallest absolute Gasteiger partial charge is 0.234 e. The van der Waals surface area contributed by atoms with E-state index in [0.717, 1.165) is 22.7 Å². The van der Waals surface area contributed by atoms with Crippen molar-refractivity contribution in [3.05, 3.63) is 24.3 Å². The van der Waals surface area contributed by atoms with Crippen molar-refractivity contribution in [1.29, 1.82) is 0 Å². The minimum absolute atomic E-state index is 0.0370. The van der Waals surface area contributed by atoms with E-state index in [4.69, 9.17) is 9.47 Å². The molecule has 22 heavy (non-hydrogen) atoms. The zero-order valence-corrected chi connectivity index (χ0v) is 13.3. The number of hydrogen-bond acceptors (Lipinski definition) is 6. The summed E-state index contributed by atoms with van der Waals surface area (Å²) < 4.78 is 10.4. The van der Waals surface area contributed by atoms with Gasteiger partial charge in [-0.25, -0.2) is 0 Å². The van der Waals surface area contributed by atoms with Crippen LogP contribution in [0.3, 0.4) is 0 Å². The average molecular weight is 319 g/mol. The average Bonchev–Trinajstić information content (AvgIpc) is 3.25. The van der Waals surface area contributed by atoms with Crippen molar-refractivity contribution in [2.75, 3.05) is 32.3 Å². The normalized spacial score (nSPS) is 17.5. The number of anilines is 1. The van der Waals surface area contributed by atoms with E-state index in [-0.39, 0.29) is 11.8 Å². The van der Waals surface area contributed by atoms with Gasteiger partial charge in [-0.3, -0.25) is 9.69 Å². The predicted molar refractivity (Wildman–Crippen MR) is 84.2 cm³/mol. The standard InChI is InChI=1S/C15H17N3O3S/c1-18(14(19)11-7-8-21-9-11)15-17-16-13(22-15)10-3-5-12(20-2)6-4-10/h3-6,11H,7-9H2,1-2H3/t11-/m1/s1. The van der Waals surface area contributed by atoms with Crippen LogP contribution in [0.2, 0.25) is 0 Å². The van der Waals surface area contributed by atoms with Gasteiger partial charge in [-0.1, -0.05) is 11.3 Å². The van der Waals surface area contributed by atoms with Crippen LogP contribution >= 0.6 is 11.3 Å². The van der Waals surface area contributed by atoms with Crippen molar-refractivity contribution in [2.45, 2.75) is 6.42 Å². The summed E-state index contributed by atoms with van der Waals surface area (Å²) >= 11 is 1.40. The molecule has 116 valence electrons. The van der Waals surface area contributed by atoms with Crippen LogP contribution < -0.4 is 9.64 Å². The van der Waals surface area contributed by atoms with Gasteiger partial charge in [0.2, 0.25) is 11.0 Å². The molecule has 0 radical (unpaired) electrons. The van der Waals surface area contributed by atoms with Crippen LogP contribution in [0.25, 0.3) is 10.6 Å². The Morgan fingerprint density at radius 1 is 1.36 bits per heavy atom. The van der Waals surface area contributed by atoms with E-state index in [1.165, 1.54) is 11.3 Å². The van der Waals surface area contributed by atoms with E-state index >= 15 is 0 Å². The minimum Gasteiger partial charge on any atom is -0.497 e. The van der Waals surface area contributed by atoms with Gasteiger partial charge in [-0.15, -0.1) is 10.2 Å². The fraction of sp³-hybridized carbons (Fsp3) is 0.400. The summed E-state index contributed by atoms with van der Waals surface area (Å²) in [6.45, 7) is 1.14. The zero-order valence-electron chi connectivity index (χ0n) is 12.5. The van der Waals surface area contributed by atoms with Crippen molar-refractivity contribution >= 4 is 22.4 Å². The number of ether oxygens (including phenoxy) is 2. The van der Waals surface area contributed by atoms with Crippen LogP contribution in [0.15, 0.2) is 24.3 Å². The van der Waals surface area contributed by atoms with Gasteiger partial charge in [-0.05, 0) is 30.7 Å². The Bertz CT molecular complexity index is 650. The molecular formula is C15H17N3O3S. The van der Waals surface area contributed by atoms with Gasteiger partial charge in [0.1, 0.15) is 10.8 Å². The van der Waals surface area contributed by atoms with E-state index in [1.807, 2.05) is 24.3 Å². The third kappa shape index (κ3) is 2.95. The number of aromatic nitrogens is 2. The Morgan fingerprint density at radius 2 is 2.14 bits per heavy atom. The lowest BCUT2D eigenvalue weighted by Gasteiger charge is -2.16. The second-order valence-electron chi connectivity index (χ2n) is 5.08. The summed E-state index contributed by atoms with van der Waals surface area (Å²) in [5, 5.41) is 9.68. The van der Waals surface area contributed by atoms with Gasteiger partial charge >= 0.3 is 0 Å². The summed E-state index contributed by atoms with van der Waals surface area (Å²) in [5.74, 6) is 0.760. The maximum absolute atomic E-state index is 12.3. The van der Waals surface area contributed by atoms with E-state index in [9.17, 15) is 4.79 Å². The Kier molecular flexibility index (Phi) is 4.35. The molecule has 0 unspecified atom stereocenters. The van der Waals surface area contributed by atoms with E-state index in [0.29, 0.717) is 18.3 Å². The first-order valence-electron chi connectivity index (χ1n) is 7.02. The van der Waals surface area contributed by atoms with Crippen LogP contribution in [-0.2, 0) is 9.53 Å². The quantitative estimate of drug-likeness (QED) is 0.864. The molecule has 1 aromatic heterocycles.